The SMILES string of the molecule is Nc1nc2c(c(N3CC[C@@H](N)C3)n1)OCC1CCCC1N2. The largest absolute Gasteiger partial charge is 0.486 e. The van der Waals surface area contributed by atoms with Crippen molar-refractivity contribution >= 4 is 17.6 Å². The fraction of sp³-hybridized carbons (Fsp3) is 0.714. The summed E-state index contributed by atoms with van der Waals surface area (Å²) in [5, 5.41) is 3.52. The van der Waals surface area contributed by atoms with Crippen molar-refractivity contribution in [2.45, 2.75) is 37.8 Å². The second-order valence-corrected chi connectivity index (χ2v) is 6.33. The summed E-state index contributed by atoms with van der Waals surface area (Å²) in [5.74, 6) is 3.11. The van der Waals surface area contributed by atoms with Crippen LogP contribution in [0, 0.1) is 5.92 Å². The Balaban J connectivity index is 1.71. The lowest BCUT2D eigenvalue weighted by molar-refractivity contribution is 0.254. The van der Waals surface area contributed by atoms with Crippen LogP contribution in [0.3, 0.4) is 0 Å². The number of nitrogens with one attached hydrogen (secondary N) is 1. The number of rotatable bonds is 1. The average Bonchev–Trinajstić information content (AvgIpc) is 3.03. The molecular weight excluding hydrogens is 268 g/mol. The Morgan fingerprint density at radius 1 is 1.24 bits per heavy atom. The molecule has 3 heterocycles. The van der Waals surface area contributed by atoms with Crippen molar-refractivity contribution < 1.29 is 4.74 Å². The highest BCUT2D eigenvalue weighted by atomic mass is 16.5. The first-order valence-corrected chi connectivity index (χ1v) is 7.78. The van der Waals surface area contributed by atoms with Gasteiger partial charge in [-0.1, -0.05) is 6.42 Å². The molecule has 114 valence electrons. The van der Waals surface area contributed by atoms with Gasteiger partial charge in [-0.2, -0.15) is 9.97 Å². The monoisotopic (exact) mass is 290 g/mol. The highest BCUT2D eigenvalue weighted by Crippen LogP contribution is 2.41. The molecule has 1 saturated heterocycles. The van der Waals surface area contributed by atoms with Crippen LogP contribution < -0.4 is 26.4 Å². The molecule has 2 fully saturated rings. The van der Waals surface area contributed by atoms with E-state index < -0.39 is 0 Å². The molecule has 5 N–H and O–H groups in total. The zero-order valence-electron chi connectivity index (χ0n) is 12.1. The van der Waals surface area contributed by atoms with Crippen molar-refractivity contribution in [3.63, 3.8) is 0 Å². The van der Waals surface area contributed by atoms with Gasteiger partial charge in [0.25, 0.3) is 0 Å². The number of aromatic nitrogens is 2. The van der Waals surface area contributed by atoms with Gasteiger partial charge in [0.05, 0.1) is 6.61 Å². The van der Waals surface area contributed by atoms with Crippen molar-refractivity contribution in [1.82, 2.24) is 9.97 Å². The van der Waals surface area contributed by atoms with Crippen LogP contribution in [0.1, 0.15) is 25.7 Å². The topological polar surface area (TPSA) is 102 Å². The molecule has 3 atom stereocenters. The Morgan fingerprint density at radius 3 is 2.95 bits per heavy atom. The number of anilines is 3. The van der Waals surface area contributed by atoms with E-state index in [0.29, 0.717) is 12.0 Å². The molecule has 0 spiro atoms. The summed E-state index contributed by atoms with van der Waals surface area (Å²) in [6, 6.07) is 0.629. The van der Waals surface area contributed by atoms with Crippen LogP contribution in [0.4, 0.5) is 17.6 Å². The lowest BCUT2D eigenvalue weighted by Crippen LogP contribution is -2.27. The highest BCUT2D eigenvalue weighted by Gasteiger charge is 2.34. The molecule has 1 aliphatic carbocycles. The first-order valence-electron chi connectivity index (χ1n) is 7.78. The van der Waals surface area contributed by atoms with Crippen LogP contribution in [0.25, 0.3) is 0 Å². The Bertz CT molecular complexity index is 551. The minimum absolute atomic E-state index is 0.190. The number of fused-ring (bicyclic) bond motifs is 2. The third-order valence-corrected chi connectivity index (χ3v) is 4.81. The van der Waals surface area contributed by atoms with Gasteiger partial charge in [0.1, 0.15) is 0 Å². The molecule has 21 heavy (non-hydrogen) atoms. The van der Waals surface area contributed by atoms with E-state index >= 15 is 0 Å². The van der Waals surface area contributed by atoms with Crippen molar-refractivity contribution in [3.05, 3.63) is 0 Å². The number of hydrogen-bond acceptors (Lipinski definition) is 7. The van der Waals surface area contributed by atoms with E-state index in [-0.39, 0.29) is 12.0 Å². The molecule has 7 heteroatoms. The molecule has 0 amide bonds. The Morgan fingerprint density at radius 2 is 2.14 bits per heavy atom. The first kappa shape index (κ1) is 12.9. The van der Waals surface area contributed by atoms with E-state index in [4.69, 9.17) is 16.2 Å². The minimum Gasteiger partial charge on any atom is -0.486 e. The van der Waals surface area contributed by atoms with Crippen LogP contribution in [0.15, 0.2) is 0 Å². The number of nitrogens with zero attached hydrogens (tertiary/aromatic N) is 3. The standard InChI is InChI=1S/C14H22N6O/c15-9-4-5-20(6-9)13-11-12(18-14(16)19-13)17-10-3-1-2-8(10)7-21-11/h8-10H,1-7,15H2,(H3,16,17,18,19)/t8?,9-,10?/m1/s1. The van der Waals surface area contributed by atoms with Gasteiger partial charge in [-0.05, 0) is 19.3 Å². The molecule has 3 aliphatic rings. The Hall–Kier alpha value is -1.76. The number of nitrogen functional groups attached to an aromatic ring is 1. The average molecular weight is 290 g/mol. The van der Waals surface area contributed by atoms with Gasteiger partial charge in [-0.3, -0.25) is 0 Å². The molecule has 1 saturated carbocycles. The zero-order valence-corrected chi connectivity index (χ0v) is 12.1. The lowest BCUT2D eigenvalue weighted by atomic mass is 10.1. The van der Waals surface area contributed by atoms with Crippen molar-refractivity contribution in [2.24, 2.45) is 11.7 Å². The van der Waals surface area contributed by atoms with E-state index in [2.05, 4.69) is 20.2 Å². The predicted octanol–water partition coefficient (Wildman–Crippen LogP) is 0.569. The second kappa shape index (κ2) is 4.91. The van der Waals surface area contributed by atoms with Gasteiger partial charge < -0.3 is 26.4 Å². The molecule has 0 radical (unpaired) electrons. The van der Waals surface area contributed by atoms with E-state index in [9.17, 15) is 0 Å². The predicted molar refractivity (Wildman–Crippen MR) is 81.5 cm³/mol. The Labute approximate surface area is 124 Å². The summed E-state index contributed by atoms with van der Waals surface area (Å²) < 4.78 is 6.07. The molecule has 4 rings (SSSR count). The second-order valence-electron chi connectivity index (χ2n) is 6.33. The van der Waals surface area contributed by atoms with Gasteiger partial charge in [-0.15, -0.1) is 0 Å². The number of nitrogens with two attached hydrogens (primary N) is 2. The fourth-order valence-corrected chi connectivity index (χ4v) is 3.67. The maximum absolute atomic E-state index is 6.07. The maximum atomic E-state index is 6.07. The number of ether oxygens (including phenoxy) is 1. The van der Waals surface area contributed by atoms with Gasteiger partial charge in [0, 0.05) is 31.1 Å². The lowest BCUT2D eigenvalue weighted by Gasteiger charge is -2.21. The summed E-state index contributed by atoms with van der Waals surface area (Å²) in [7, 11) is 0. The fourth-order valence-electron chi connectivity index (χ4n) is 3.67. The van der Waals surface area contributed by atoms with Crippen LogP contribution in [0.2, 0.25) is 0 Å². The molecule has 0 bridgehead atoms. The normalized spacial score (nSPS) is 31.1. The molecular formula is C14H22N6O. The van der Waals surface area contributed by atoms with Crippen molar-refractivity contribution in [2.75, 3.05) is 35.6 Å². The summed E-state index contributed by atoms with van der Waals surface area (Å²) in [4.78, 5) is 10.9. The molecule has 1 aromatic rings. The first-order chi connectivity index (χ1) is 10.2. The molecule has 0 aromatic carbocycles. The van der Waals surface area contributed by atoms with E-state index in [1.165, 1.54) is 19.3 Å². The van der Waals surface area contributed by atoms with Gasteiger partial charge in [0.15, 0.2) is 11.6 Å². The van der Waals surface area contributed by atoms with E-state index in [0.717, 1.165) is 43.5 Å². The molecule has 2 aliphatic heterocycles. The smallest absolute Gasteiger partial charge is 0.224 e. The maximum Gasteiger partial charge on any atom is 0.224 e. The van der Waals surface area contributed by atoms with Gasteiger partial charge in [-0.25, -0.2) is 0 Å². The van der Waals surface area contributed by atoms with Crippen molar-refractivity contribution in [3.8, 4) is 5.75 Å². The number of hydrogen-bond donors (Lipinski definition) is 3. The third kappa shape index (κ3) is 2.25. The van der Waals surface area contributed by atoms with Crippen LogP contribution in [-0.4, -0.2) is 41.7 Å². The minimum atomic E-state index is 0.190. The van der Waals surface area contributed by atoms with Crippen LogP contribution >= 0.6 is 0 Å². The van der Waals surface area contributed by atoms with Crippen molar-refractivity contribution in [1.29, 1.82) is 0 Å². The molecule has 2 unspecified atom stereocenters. The van der Waals surface area contributed by atoms with Gasteiger partial charge >= 0.3 is 0 Å². The van der Waals surface area contributed by atoms with Crippen LogP contribution in [-0.2, 0) is 0 Å². The highest BCUT2D eigenvalue weighted by molar-refractivity contribution is 5.68. The summed E-state index contributed by atoms with van der Waals surface area (Å²) in [6.07, 6.45) is 4.59. The summed E-state index contributed by atoms with van der Waals surface area (Å²) >= 11 is 0. The Kier molecular flexibility index (Phi) is 3.02. The summed E-state index contributed by atoms with van der Waals surface area (Å²) in [6.45, 7) is 2.41. The molecule has 1 aromatic heterocycles. The molecule has 7 nitrogen and oxygen atoms in total. The zero-order chi connectivity index (χ0) is 14.4. The van der Waals surface area contributed by atoms with E-state index in [1.807, 2.05) is 0 Å². The summed E-state index contributed by atoms with van der Waals surface area (Å²) in [5.41, 5.74) is 11.9. The van der Waals surface area contributed by atoms with Crippen LogP contribution in [0.5, 0.6) is 5.75 Å². The quantitative estimate of drug-likeness (QED) is 0.695. The van der Waals surface area contributed by atoms with E-state index in [1.54, 1.807) is 0 Å². The third-order valence-electron chi connectivity index (χ3n) is 4.81. The van der Waals surface area contributed by atoms with Gasteiger partial charge in [0.2, 0.25) is 11.7 Å².